The number of amides is 1. The van der Waals surface area contributed by atoms with Crippen molar-refractivity contribution >= 4 is 37.4 Å². The Hall–Kier alpha value is -2.48. The summed E-state index contributed by atoms with van der Waals surface area (Å²) in [4.78, 5) is 13.9. The van der Waals surface area contributed by atoms with Crippen LogP contribution in [0.2, 0.25) is 5.02 Å². The Bertz CT molecular complexity index is 1630. The zero-order valence-electron chi connectivity index (χ0n) is 24.7. The Morgan fingerprint density at radius 2 is 1.77 bits per heavy atom. The van der Waals surface area contributed by atoms with E-state index < -0.39 is 76.3 Å². The minimum absolute atomic E-state index is 0.0257. The lowest BCUT2D eigenvalue weighted by atomic mass is 9.75. The second kappa shape index (κ2) is 12.0. The first-order chi connectivity index (χ1) is 20.6. The lowest BCUT2D eigenvalue weighted by Crippen LogP contribution is -2.58. The number of nitrogens with zero attached hydrogens (tertiary/aromatic N) is 1. The molecule has 0 spiro atoms. The molecule has 14 heteroatoms. The van der Waals surface area contributed by atoms with Crippen LogP contribution < -0.4 is 4.74 Å². The van der Waals surface area contributed by atoms with Gasteiger partial charge in [0.2, 0.25) is 0 Å². The molecule has 0 unspecified atom stereocenters. The van der Waals surface area contributed by atoms with E-state index in [0.717, 1.165) is 12.1 Å². The van der Waals surface area contributed by atoms with Gasteiger partial charge in [0.1, 0.15) is 16.2 Å². The first-order valence-corrected chi connectivity index (χ1v) is 18.1. The van der Waals surface area contributed by atoms with Crippen molar-refractivity contribution in [3.8, 4) is 5.75 Å². The highest BCUT2D eigenvalue weighted by Gasteiger charge is 2.61. The monoisotopic (exact) mass is 675 g/mol. The highest BCUT2D eigenvalue weighted by molar-refractivity contribution is 7.92. The van der Waals surface area contributed by atoms with Crippen LogP contribution >= 0.6 is 11.6 Å². The number of halogens is 3. The fourth-order valence-electron chi connectivity index (χ4n) is 6.51. The molecule has 0 N–H and O–H groups in total. The fourth-order valence-corrected chi connectivity index (χ4v) is 10.8. The van der Waals surface area contributed by atoms with Gasteiger partial charge in [-0.2, -0.15) is 0 Å². The highest BCUT2D eigenvalue weighted by atomic mass is 35.5. The number of piperidine rings is 1. The Kier molecular flexibility index (Phi) is 9.00. The van der Waals surface area contributed by atoms with E-state index in [2.05, 4.69) is 0 Å². The molecule has 2 aromatic carbocycles. The SMILES string of the molecule is CC(C)(C)OC(=O)N1CCC[C@@H](S(=O)(=O)CC[C@@H]2OCC[C@@]3(S(=O)(=O)c4ccc(Cl)cc4)c4c(F)ccc(F)c4OC[C@@H]23)C1. The minimum Gasteiger partial charge on any atom is -0.490 e. The second-order valence-electron chi connectivity index (χ2n) is 12.5. The number of rotatable bonds is 6. The number of hydrogen-bond donors (Lipinski definition) is 0. The molecule has 0 radical (unpaired) electrons. The molecule has 242 valence electrons. The predicted octanol–water partition coefficient (Wildman–Crippen LogP) is 5.29. The van der Waals surface area contributed by atoms with Crippen molar-refractivity contribution in [2.75, 3.05) is 32.1 Å². The second-order valence-corrected chi connectivity index (χ2v) is 17.5. The molecule has 9 nitrogen and oxygen atoms in total. The number of ether oxygens (including phenoxy) is 3. The van der Waals surface area contributed by atoms with Gasteiger partial charge < -0.3 is 19.1 Å². The first kappa shape index (κ1) is 32.9. The van der Waals surface area contributed by atoms with Crippen LogP contribution in [0.5, 0.6) is 5.75 Å². The summed E-state index contributed by atoms with van der Waals surface area (Å²) in [7, 11) is -8.21. The number of carbonyl (C=O) groups is 1. The summed E-state index contributed by atoms with van der Waals surface area (Å²) in [5.74, 6) is -3.74. The molecule has 0 bridgehead atoms. The van der Waals surface area contributed by atoms with Crippen molar-refractivity contribution < 1.29 is 44.6 Å². The highest BCUT2D eigenvalue weighted by Crippen LogP contribution is 2.56. The quantitative estimate of drug-likeness (QED) is 0.406. The van der Waals surface area contributed by atoms with Crippen molar-refractivity contribution in [2.24, 2.45) is 5.92 Å². The van der Waals surface area contributed by atoms with Crippen molar-refractivity contribution in [2.45, 2.75) is 73.1 Å². The van der Waals surface area contributed by atoms with Gasteiger partial charge in [0.05, 0.1) is 34.2 Å². The summed E-state index contributed by atoms with van der Waals surface area (Å²) in [6, 6.07) is 7.17. The van der Waals surface area contributed by atoms with E-state index in [4.69, 9.17) is 25.8 Å². The van der Waals surface area contributed by atoms with E-state index in [1.165, 1.54) is 29.2 Å². The third-order valence-corrected chi connectivity index (χ3v) is 13.6. The molecule has 4 atom stereocenters. The van der Waals surface area contributed by atoms with Gasteiger partial charge in [-0.25, -0.2) is 30.4 Å². The number of hydrogen-bond acceptors (Lipinski definition) is 8. The van der Waals surface area contributed by atoms with Crippen molar-refractivity contribution in [3.63, 3.8) is 0 Å². The molecule has 0 saturated carbocycles. The van der Waals surface area contributed by atoms with Crippen LogP contribution in [0.15, 0.2) is 41.3 Å². The topological polar surface area (TPSA) is 116 Å². The van der Waals surface area contributed by atoms with Crippen molar-refractivity contribution in [1.82, 2.24) is 4.90 Å². The minimum atomic E-state index is -4.43. The maximum absolute atomic E-state index is 15.6. The van der Waals surface area contributed by atoms with Gasteiger partial charge in [0.15, 0.2) is 31.2 Å². The van der Waals surface area contributed by atoms with Gasteiger partial charge in [-0.3, -0.25) is 0 Å². The molecule has 0 aromatic heterocycles. The summed E-state index contributed by atoms with van der Waals surface area (Å²) in [5.41, 5.74) is -1.15. The van der Waals surface area contributed by atoms with E-state index >= 15 is 4.39 Å². The fraction of sp³-hybridized carbons (Fsp3) is 0.567. The van der Waals surface area contributed by atoms with Crippen molar-refractivity contribution in [1.29, 1.82) is 0 Å². The number of likely N-dealkylation sites (tertiary alicyclic amines) is 1. The van der Waals surface area contributed by atoms with Crippen LogP contribution in [-0.4, -0.2) is 76.8 Å². The largest absolute Gasteiger partial charge is 0.490 e. The predicted molar refractivity (Wildman–Crippen MR) is 159 cm³/mol. The number of sulfone groups is 2. The van der Waals surface area contributed by atoms with Gasteiger partial charge >= 0.3 is 6.09 Å². The van der Waals surface area contributed by atoms with Gasteiger partial charge in [-0.15, -0.1) is 0 Å². The third kappa shape index (κ3) is 6.04. The number of benzene rings is 2. The Labute approximate surface area is 261 Å². The molecule has 3 heterocycles. The molecule has 3 aliphatic heterocycles. The molecule has 3 aliphatic rings. The summed E-state index contributed by atoms with van der Waals surface area (Å²) in [5, 5.41) is -0.546. The molecular formula is C30H36ClF2NO8S2. The van der Waals surface area contributed by atoms with Crippen LogP contribution in [0.4, 0.5) is 13.6 Å². The zero-order chi connectivity index (χ0) is 32.1. The molecule has 44 heavy (non-hydrogen) atoms. The van der Waals surface area contributed by atoms with Gasteiger partial charge in [0.25, 0.3) is 0 Å². The van der Waals surface area contributed by atoms with Crippen LogP contribution in [0.1, 0.15) is 52.0 Å². The summed E-state index contributed by atoms with van der Waals surface area (Å²) in [6.07, 6.45) is -1.03. The Morgan fingerprint density at radius 3 is 2.45 bits per heavy atom. The maximum Gasteiger partial charge on any atom is 0.410 e. The summed E-state index contributed by atoms with van der Waals surface area (Å²) in [6.45, 7) is 5.07. The van der Waals surface area contributed by atoms with Gasteiger partial charge in [-0.05, 0) is 82.9 Å². The normalized spacial score (nSPS) is 25.9. The lowest BCUT2D eigenvalue weighted by Gasteiger charge is -2.50. The lowest BCUT2D eigenvalue weighted by molar-refractivity contribution is -0.0732. The average molecular weight is 676 g/mol. The molecule has 0 aliphatic carbocycles. The smallest absolute Gasteiger partial charge is 0.410 e. The molecule has 5 rings (SSSR count). The molecular weight excluding hydrogens is 640 g/mol. The molecule has 2 aromatic rings. The van der Waals surface area contributed by atoms with Gasteiger partial charge in [0, 0.05) is 30.6 Å². The molecule has 1 amide bonds. The Morgan fingerprint density at radius 1 is 1.09 bits per heavy atom. The summed E-state index contributed by atoms with van der Waals surface area (Å²) >= 11 is 6.01. The molecule has 2 saturated heterocycles. The summed E-state index contributed by atoms with van der Waals surface area (Å²) < 4.78 is 102. The van der Waals surface area contributed by atoms with Crippen LogP contribution in [-0.2, 0) is 33.9 Å². The standard InChI is InChI=1S/C30H36ClF2NO8S2/c1-29(2,3)42-28(35)34-14-4-5-21(17-34)43(36,37)16-12-25-22-18-41-27-24(33)11-10-23(32)26(27)30(22,13-15-40-25)44(38,39)20-8-6-19(31)7-9-20/h6-11,21-22,25H,4-5,12-18H2,1-3H3/t21-,22+,25+,30+/m1/s1. The number of fused-ring (bicyclic) bond motifs is 3. The number of carbonyl (C=O) groups excluding carboxylic acids is 1. The average Bonchev–Trinajstić information content (AvgIpc) is 2.97. The van der Waals surface area contributed by atoms with Gasteiger partial charge in [-0.1, -0.05) is 11.6 Å². The van der Waals surface area contributed by atoms with Crippen LogP contribution in [0, 0.1) is 17.6 Å². The van der Waals surface area contributed by atoms with E-state index in [1.807, 2.05) is 0 Å². The zero-order valence-corrected chi connectivity index (χ0v) is 27.1. The Balaban J connectivity index is 1.45. The maximum atomic E-state index is 15.6. The van der Waals surface area contributed by atoms with E-state index in [0.29, 0.717) is 24.4 Å². The van der Waals surface area contributed by atoms with Crippen LogP contribution in [0.3, 0.4) is 0 Å². The van der Waals surface area contributed by atoms with Crippen molar-refractivity contribution in [3.05, 3.63) is 58.6 Å². The van der Waals surface area contributed by atoms with E-state index in [-0.39, 0.29) is 43.2 Å². The first-order valence-electron chi connectivity index (χ1n) is 14.5. The molecule has 2 fully saturated rings. The van der Waals surface area contributed by atoms with E-state index in [9.17, 15) is 26.0 Å². The van der Waals surface area contributed by atoms with Crippen LogP contribution in [0.25, 0.3) is 0 Å². The third-order valence-electron chi connectivity index (χ3n) is 8.57. The van der Waals surface area contributed by atoms with E-state index in [1.54, 1.807) is 20.8 Å².